The molecule has 32 heavy (non-hydrogen) atoms. The number of benzene rings is 2. The summed E-state index contributed by atoms with van der Waals surface area (Å²) in [6.07, 6.45) is -8.17. The number of ether oxygens (including phenoxy) is 1. The molecule has 174 valence electrons. The lowest BCUT2D eigenvalue weighted by Crippen LogP contribution is -2.19. The summed E-state index contributed by atoms with van der Waals surface area (Å²) < 4.78 is 109. The summed E-state index contributed by atoms with van der Waals surface area (Å²) in [5, 5.41) is 1.93. The van der Waals surface area contributed by atoms with Gasteiger partial charge in [-0.05, 0) is 49.0 Å². The van der Waals surface area contributed by atoms with Crippen LogP contribution < -0.4 is 14.8 Å². The van der Waals surface area contributed by atoms with Gasteiger partial charge in [-0.2, -0.15) is 26.3 Å². The van der Waals surface area contributed by atoms with Crippen LogP contribution in [0.2, 0.25) is 0 Å². The first-order valence-electron chi connectivity index (χ1n) is 8.57. The van der Waals surface area contributed by atoms with Gasteiger partial charge in [-0.15, -0.1) is 0 Å². The Morgan fingerprint density at radius 1 is 0.969 bits per heavy atom. The number of nitrogens with one attached hydrogen (secondary N) is 2. The van der Waals surface area contributed by atoms with Crippen molar-refractivity contribution < 1.29 is 44.3 Å². The summed E-state index contributed by atoms with van der Waals surface area (Å²) in [6, 6.07) is 4.54. The van der Waals surface area contributed by atoms with Crippen molar-refractivity contribution in [2.45, 2.75) is 17.2 Å². The molecule has 0 aliphatic rings. The predicted molar refractivity (Wildman–Crippen MR) is 103 cm³/mol. The van der Waals surface area contributed by atoms with Crippen molar-refractivity contribution in [2.24, 2.45) is 0 Å². The zero-order chi connectivity index (χ0) is 24.3. The molecule has 0 saturated heterocycles. The number of alkyl halides is 6. The van der Waals surface area contributed by atoms with E-state index in [9.17, 15) is 39.6 Å². The fraction of sp³-hybridized carbons (Fsp3) is 0.211. The molecule has 2 aromatic rings. The maximum Gasteiger partial charge on any atom is 0.416 e. The highest BCUT2D eigenvalue weighted by molar-refractivity contribution is 7.89. The lowest BCUT2D eigenvalue weighted by Gasteiger charge is -2.14. The number of carbonyl (C=O) groups is 1. The average Bonchev–Trinajstić information content (AvgIpc) is 2.70. The Hall–Kier alpha value is -3.06. The first-order chi connectivity index (χ1) is 14.7. The third-order valence-electron chi connectivity index (χ3n) is 4.03. The molecule has 0 spiro atoms. The molecule has 0 saturated carbocycles. The van der Waals surface area contributed by atoms with Gasteiger partial charge >= 0.3 is 12.4 Å². The zero-order valence-corrected chi connectivity index (χ0v) is 17.2. The minimum absolute atomic E-state index is 0.0181. The van der Waals surface area contributed by atoms with Crippen LogP contribution in [-0.4, -0.2) is 28.5 Å². The van der Waals surface area contributed by atoms with Crippen molar-refractivity contribution in [3.63, 3.8) is 0 Å². The molecule has 1 amide bonds. The van der Waals surface area contributed by atoms with E-state index in [4.69, 9.17) is 4.74 Å². The molecule has 0 fully saturated rings. The fourth-order valence-corrected chi connectivity index (χ4v) is 3.43. The Labute approximate surface area is 178 Å². The van der Waals surface area contributed by atoms with E-state index in [-0.39, 0.29) is 22.3 Å². The lowest BCUT2D eigenvalue weighted by atomic mass is 10.1. The second kappa shape index (κ2) is 9.20. The highest BCUT2D eigenvalue weighted by Gasteiger charge is 2.37. The molecule has 0 aliphatic heterocycles. The van der Waals surface area contributed by atoms with Crippen LogP contribution >= 0.6 is 0 Å². The zero-order valence-electron chi connectivity index (χ0n) is 16.4. The van der Waals surface area contributed by atoms with Gasteiger partial charge in [-0.3, -0.25) is 4.79 Å². The molecule has 2 N–H and O–H groups in total. The van der Waals surface area contributed by atoms with E-state index in [0.29, 0.717) is 12.1 Å². The highest BCUT2D eigenvalue weighted by Crippen LogP contribution is 2.37. The van der Waals surface area contributed by atoms with Crippen molar-refractivity contribution in [2.75, 3.05) is 19.5 Å². The minimum Gasteiger partial charge on any atom is -0.495 e. The van der Waals surface area contributed by atoms with Gasteiger partial charge in [-0.25, -0.2) is 13.1 Å². The van der Waals surface area contributed by atoms with E-state index < -0.39 is 45.1 Å². The normalized spacial score (nSPS) is 12.8. The number of hydrogen-bond donors (Lipinski definition) is 2. The SMILES string of the molecule is CNS(=O)(=O)c1cc(/C=C/C(=O)Nc2cc(C(F)(F)F)cc(C(F)(F)F)c2)ccc1OC. The number of halogens is 6. The molecular formula is C19H16F6N2O4S. The highest BCUT2D eigenvalue weighted by atomic mass is 32.2. The number of hydrogen-bond acceptors (Lipinski definition) is 4. The van der Waals surface area contributed by atoms with E-state index >= 15 is 0 Å². The number of methoxy groups -OCH3 is 1. The summed E-state index contributed by atoms with van der Waals surface area (Å²) in [5.41, 5.74) is -3.67. The summed E-state index contributed by atoms with van der Waals surface area (Å²) in [6.45, 7) is 0. The van der Waals surface area contributed by atoms with E-state index in [1.807, 2.05) is 5.32 Å². The number of sulfonamides is 1. The second-order valence-corrected chi connectivity index (χ2v) is 8.09. The molecule has 0 bridgehead atoms. The van der Waals surface area contributed by atoms with E-state index in [1.54, 1.807) is 0 Å². The fourth-order valence-electron chi connectivity index (χ4n) is 2.50. The molecule has 13 heteroatoms. The number of amides is 1. The molecular weight excluding hydrogens is 466 g/mol. The first-order valence-corrected chi connectivity index (χ1v) is 10.1. The van der Waals surface area contributed by atoms with Gasteiger partial charge in [0.05, 0.1) is 18.2 Å². The summed E-state index contributed by atoms with van der Waals surface area (Å²) in [4.78, 5) is 11.8. The van der Waals surface area contributed by atoms with Gasteiger partial charge in [0.1, 0.15) is 10.6 Å². The van der Waals surface area contributed by atoms with E-state index in [2.05, 4.69) is 4.72 Å². The summed E-state index contributed by atoms with van der Waals surface area (Å²) in [7, 11) is -1.49. The summed E-state index contributed by atoms with van der Waals surface area (Å²) in [5.74, 6) is -1.02. The van der Waals surface area contributed by atoms with Gasteiger partial charge in [-0.1, -0.05) is 6.07 Å². The largest absolute Gasteiger partial charge is 0.495 e. The number of anilines is 1. The standard InChI is InChI=1S/C19H16F6N2O4S/c1-26-32(29,30)16-7-11(3-5-15(16)31-2)4-6-17(28)27-14-9-12(18(20,21)22)8-13(10-14)19(23,24)25/h3-10,26H,1-2H3,(H,27,28)/b6-4+. The Morgan fingerprint density at radius 3 is 2.00 bits per heavy atom. The van der Waals surface area contributed by atoms with Crippen LogP contribution in [0.5, 0.6) is 5.75 Å². The van der Waals surface area contributed by atoms with Crippen molar-refractivity contribution in [3.8, 4) is 5.75 Å². The number of rotatable bonds is 6. The maximum absolute atomic E-state index is 12.9. The average molecular weight is 482 g/mol. The van der Waals surface area contributed by atoms with Crippen molar-refractivity contribution in [1.82, 2.24) is 4.72 Å². The molecule has 2 aromatic carbocycles. The Kier molecular flexibility index (Phi) is 7.25. The van der Waals surface area contributed by atoms with Gasteiger partial charge in [0.2, 0.25) is 15.9 Å². The van der Waals surface area contributed by atoms with Crippen molar-refractivity contribution >= 4 is 27.7 Å². The maximum atomic E-state index is 12.9. The third kappa shape index (κ3) is 6.23. The van der Waals surface area contributed by atoms with E-state index in [1.165, 1.54) is 32.4 Å². The van der Waals surface area contributed by atoms with Crippen LogP contribution in [0.15, 0.2) is 47.4 Å². The quantitative estimate of drug-likeness (QED) is 0.475. The molecule has 0 radical (unpaired) electrons. The third-order valence-corrected chi connectivity index (χ3v) is 5.46. The van der Waals surface area contributed by atoms with Crippen LogP contribution in [0.25, 0.3) is 6.08 Å². The van der Waals surface area contributed by atoms with Crippen LogP contribution in [0.4, 0.5) is 32.0 Å². The Morgan fingerprint density at radius 2 is 1.53 bits per heavy atom. The van der Waals surface area contributed by atoms with Gasteiger partial charge in [0.25, 0.3) is 0 Å². The molecule has 0 aromatic heterocycles. The van der Waals surface area contributed by atoms with Crippen molar-refractivity contribution in [3.05, 3.63) is 59.2 Å². The van der Waals surface area contributed by atoms with Gasteiger partial charge in [0.15, 0.2) is 0 Å². The topological polar surface area (TPSA) is 84.5 Å². The second-order valence-electron chi connectivity index (χ2n) is 6.23. The smallest absolute Gasteiger partial charge is 0.416 e. The summed E-state index contributed by atoms with van der Waals surface area (Å²) >= 11 is 0. The molecule has 0 atom stereocenters. The van der Waals surface area contributed by atoms with E-state index in [0.717, 1.165) is 12.2 Å². The molecule has 0 aliphatic carbocycles. The molecule has 0 unspecified atom stereocenters. The number of carbonyl (C=O) groups excluding carboxylic acids is 1. The minimum atomic E-state index is -5.06. The monoisotopic (exact) mass is 482 g/mol. The van der Waals surface area contributed by atoms with Gasteiger partial charge < -0.3 is 10.1 Å². The molecule has 6 nitrogen and oxygen atoms in total. The molecule has 0 heterocycles. The van der Waals surface area contributed by atoms with Crippen LogP contribution in [0.3, 0.4) is 0 Å². The van der Waals surface area contributed by atoms with Crippen LogP contribution in [0.1, 0.15) is 16.7 Å². The predicted octanol–water partition coefficient (Wildman–Crippen LogP) is 4.29. The molecule has 2 rings (SSSR count). The lowest BCUT2D eigenvalue weighted by molar-refractivity contribution is -0.143. The van der Waals surface area contributed by atoms with Crippen LogP contribution in [-0.2, 0) is 27.2 Å². The van der Waals surface area contributed by atoms with Crippen molar-refractivity contribution in [1.29, 1.82) is 0 Å². The Bertz CT molecular complexity index is 1110. The Balaban J connectivity index is 2.32. The first kappa shape index (κ1) is 25.2. The van der Waals surface area contributed by atoms with Gasteiger partial charge in [0, 0.05) is 11.8 Å². The van der Waals surface area contributed by atoms with Crippen LogP contribution in [0, 0.1) is 0 Å².